The van der Waals surface area contributed by atoms with Crippen LogP contribution in [-0.4, -0.2) is 29.8 Å². The molecule has 2 aromatic rings. The van der Waals surface area contributed by atoms with Crippen molar-refractivity contribution in [1.29, 1.82) is 0 Å². The summed E-state index contributed by atoms with van der Waals surface area (Å²) < 4.78 is 13.0. The van der Waals surface area contributed by atoms with Crippen LogP contribution in [-0.2, 0) is 4.79 Å². The van der Waals surface area contributed by atoms with Gasteiger partial charge in [-0.25, -0.2) is 4.39 Å². The van der Waals surface area contributed by atoms with Gasteiger partial charge in [-0.15, -0.1) is 0 Å². The summed E-state index contributed by atoms with van der Waals surface area (Å²) in [5, 5.41) is 3.07. The molecule has 0 aliphatic carbocycles. The van der Waals surface area contributed by atoms with E-state index in [-0.39, 0.29) is 23.5 Å². The summed E-state index contributed by atoms with van der Waals surface area (Å²) in [7, 11) is 0. The monoisotopic (exact) mass is 368 g/mol. The number of benzene rings is 2. The molecule has 0 saturated carbocycles. The van der Waals surface area contributed by atoms with Crippen molar-refractivity contribution in [2.45, 2.75) is 33.6 Å². The van der Waals surface area contributed by atoms with Crippen molar-refractivity contribution in [2.24, 2.45) is 5.92 Å². The molecule has 1 N–H and O–H groups in total. The highest BCUT2D eigenvalue weighted by Crippen LogP contribution is 2.25. The number of likely N-dealkylation sites (tertiary alicyclic amines) is 1. The van der Waals surface area contributed by atoms with Crippen molar-refractivity contribution in [3.8, 4) is 0 Å². The number of piperidine rings is 1. The van der Waals surface area contributed by atoms with Gasteiger partial charge in [0.05, 0.1) is 0 Å². The molecule has 0 radical (unpaired) electrons. The van der Waals surface area contributed by atoms with Crippen LogP contribution in [0.25, 0.3) is 0 Å². The first-order valence-corrected chi connectivity index (χ1v) is 9.28. The van der Waals surface area contributed by atoms with Crippen LogP contribution >= 0.6 is 0 Å². The van der Waals surface area contributed by atoms with Crippen LogP contribution < -0.4 is 5.32 Å². The molecule has 1 aliphatic rings. The summed E-state index contributed by atoms with van der Waals surface area (Å²) in [4.78, 5) is 26.9. The molecule has 2 amide bonds. The number of carbonyl (C=O) groups is 2. The van der Waals surface area contributed by atoms with Gasteiger partial charge in [-0.05, 0) is 69.0 Å². The lowest BCUT2D eigenvalue weighted by Crippen LogP contribution is -2.41. The molecule has 1 aliphatic heterocycles. The zero-order valence-electron chi connectivity index (χ0n) is 16.0. The van der Waals surface area contributed by atoms with Crippen LogP contribution in [0.5, 0.6) is 0 Å². The first kappa shape index (κ1) is 19.1. The van der Waals surface area contributed by atoms with Crippen LogP contribution in [0.2, 0.25) is 0 Å². The molecule has 1 saturated heterocycles. The van der Waals surface area contributed by atoms with E-state index in [9.17, 15) is 14.0 Å². The molecule has 27 heavy (non-hydrogen) atoms. The fraction of sp³-hybridized carbons (Fsp3) is 0.364. The highest BCUT2D eigenvalue weighted by atomic mass is 19.1. The van der Waals surface area contributed by atoms with Crippen LogP contribution in [0.1, 0.15) is 39.9 Å². The van der Waals surface area contributed by atoms with Gasteiger partial charge in [0.15, 0.2) is 0 Å². The Morgan fingerprint density at radius 2 is 1.56 bits per heavy atom. The van der Waals surface area contributed by atoms with E-state index in [1.165, 1.54) is 29.8 Å². The first-order valence-electron chi connectivity index (χ1n) is 9.28. The predicted octanol–water partition coefficient (Wildman–Crippen LogP) is 4.24. The van der Waals surface area contributed by atoms with Crippen molar-refractivity contribution in [3.05, 3.63) is 64.5 Å². The number of hydrogen-bond donors (Lipinski definition) is 1. The average molecular weight is 368 g/mol. The molecule has 5 heteroatoms. The fourth-order valence-corrected chi connectivity index (χ4v) is 3.72. The number of nitrogens with zero attached hydrogens (tertiary/aromatic N) is 1. The molecule has 0 atom stereocenters. The molecule has 142 valence electrons. The zero-order chi connectivity index (χ0) is 19.6. The number of rotatable bonds is 3. The van der Waals surface area contributed by atoms with Crippen molar-refractivity contribution in [3.63, 3.8) is 0 Å². The van der Waals surface area contributed by atoms with Crippen molar-refractivity contribution in [2.75, 3.05) is 18.4 Å². The van der Waals surface area contributed by atoms with Gasteiger partial charge < -0.3 is 10.2 Å². The third-order valence-corrected chi connectivity index (χ3v) is 5.17. The van der Waals surface area contributed by atoms with Crippen molar-refractivity contribution < 1.29 is 14.0 Å². The summed E-state index contributed by atoms with van der Waals surface area (Å²) in [5.74, 6) is -0.566. The minimum atomic E-state index is -0.358. The normalized spacial score (nSPS) is 14.9. The lowest BCUT2D eigenvalue weighted by molar-refractivity contribution is -0.121. The molecule has 0 bridgehead atoms. The second kappa shape index (κ2) is 7.91. The van der Waals surface area contributed by atoms with Crippen molar-refractivity contribution >= 4 is 17.5 Å². The Balaban J connectivity index is 1.59. The van der Waals surface area contributed by atoms with E-state index in [0.717, 1.165) is 16.8 Å². The van der Waals surface area contributed by atoms with Gasteiger partial charge in [0.25, 0.3) is 5.91 Å². The van der Waals surface area contributed by atoms with E-state index in [0.29, 0.717) is 31.5 Å². The van der Waals surface area contributed by atoms with E-state index < -0.39 is 0 Å². The molecular weight excluding hydrogens is 343 g/mol. The number of carbonyl (C=O) groups excluding carboxylic acids is 2. The Kier molecular flexibility index (Phi) is 5.59. The first-order chi connectivity index (χ1) is 12.8. The molecule has 1 heterocycles. The van der Waals surface area contributed by atoms with Gasteiger partial charge in [0.2, 0.25) is 5.91 Å². The highest BCUT2D eigenvalue weighted by Gasteiger charge is 2.28. The summed E-state index contributed by atoms with van der Waals surface area (Å²) in [5.41, 5.74) is 4.66. The predicted molar refractivity (Wildman–Crippen MR) is 104 cm³/mol. The average Bonchev–Trinajstić information content (AvgIpc) is 2.64. The van der Waals surface area contributed by atoms with E-state index in [4.69, 9.17) is 0 Å². The highest BCUT2D eigenvalue weighted by molar-refractivity contribution is 5.96. The summed E-state index contributed by atoms with van der Waals surface area (Å²) in [6, 6.07) is 9.71. The lowest BCUT2D eigenvalue weighted by Gasteiger charge is -2.31. The lowest BCUT2D eigenvalue weighted by atomic mass is 9.94. The van der Waals surface area contributed by atoms with Crippen LogP contribution in [0.3, 0.4) is 0 Å². The Morgan fingerprint density at radius 3 is 2.11 bits per heavy atom. The standard InChI is InChI=1S/C22H25FN2O2/c1-14-12-15(2)20(16(3)13-14)24-21(26)17-8-10-25(11-9-17)22(27)18-4-6-19(23)7-5-18/h4-7,12-13,17H,8-11H2,1-3H3,(H,24,26). The Hall–Kier alpha value is -2.69. The van der Waals surface area contributed by atoms with Gasteiger partial charge in [-0.2, -0.15) is 0 Å². The minimum absolute atomic E-state index is 0.0129. The maximum absolute atomic E-state index is 13.0. The number of aryl methyl sites for hydroxylation is 3. The quantitative estimate of drug-likeness (QED) is 0.881. The SMILES string of the molecule is Cc1cc(C)c(NC(=O)C2CCN(C(=O)c3ccc(F)cc3)CC2)c(C)c1. The van der Waals surface area contributed by atoms with Gasteiger partial charge >= 0.3 is 0 Å². The molecule has 1 fully saturated rings. The van der Waals surface area contributed by atoms with E-state index in [1.807, 2.05) is 20.8 Å². The molecule has 2 aromatic carbocycles. The number of hydrogen-bond acceptors (Lipinski definition) is 2. The molecule has 3 rings (SSSR count). The third-order valence-electron chi connectivity index (χ3n) is 5.17. The van der Waals surface area contributed by atoms with Gasteiger partial charge in [-0.3, -0.25) is 9.59 Å². The zero-order valence-corrected chi connectivity index (χ0v) is 16.0. The van der Waals surface area contributed by atoms with Gasteiger partial charge in [0.1, 0.15) is 5.82 Å². The Morgan fingerprint density at radius 1 is 1.00 bits per heavy atom. The number of amides is 2. The van der Waals surface area contributed by atoms with Gasteiger partial charge in [0, 0.05) is 30.3 Å². The molecular formula is C22H25FN2O2. The van der Waals surface area contributed by atoms with E-state index in [1.54, 1.807) is 4.90 Å². The number of nitrogens with one attached hydrogen (secondary N) is 1. The van der Waals surface area contributed by atoms with E-state index in [2.05, 4.69) is 17.4 Å². The molecule has 0 spiro atoms. The summed E-state index contributed by atoms with van der Waals surface area (Å²) in [6.45, 7) is 7.10. The minimum Gasteiger partial charge on any atom is -0.339 e. The van der Waals surface area contributed by atoms with E-state index >= 15 is 0 Å². The fourth-order valence-electron chi connectivity index (χ4n) is 3.72. The van der Waals surface area contributed by atoms with Crippen LogP contribution in [0, 0.1) is 32.5 Å². The molecule has 0 unspecified atom stereocenters. The third kappa shape index (κ3) is 4.35. The van der Waals surface area contributed by atoms with Gasteiger partial charge in [-0.1, -0.05) is 17.7 Å². The summed E-state index contributed by atoms with van der Waals surface area (Å²) in [6.07, 6.45) is 1.26. The topological polar surface area (TPSA) is 49.4 Å². The Labute approximate surface area is 159 Å². The number of anilines is 1. The largest absolute Gasteiger partial charge is 0.339 e. The summed E-state index contributed by atoms with van der Waals surface area (Å²) >= 11 is 0. The van der Waals surface area contributed by atoms with Crippen LogP contribution in [0.15, 0.2) is 36.4 Å². The molecule has 0 aromatic heterocycles. The maximum atomic E-state index is 13.0. The van der Waals surface area contributed by atoms with Crippen LogP contribution in [0.4, 0.5) is 10.1 Å². The Bertz CT molecular complexity index is 830. The smallest absolute Gasteiger partial charge is 0.253 e. The second-order valence-corrected chi connectivity index (χ2v) is 7.34. The second-order valence-electron chi connectivity index (χ2n) is 7.34. The maximum Gasteiger partial charge on any atom is 0.253 e. The molecule has 4 nitrogen and oxygen atoms in total. The van der Waals surface area contributed by atoms with Crippen molar-refractivity contribution in [1.82, 2.24) is 4.90 Å². The number of halogens is 1.